The van der Waals surface area contributed by atoms with E-state index >= 15 is 0 Å². The van der Waals surface area contributed by atoms with Crippen molar-refractivity contribution in [2.45, 2.75) is 45.1 Å². The van der Waals surface area contributed by atoms with Crippen molar-refractivity contribution in [3.8, 4) is 0 Å². The lowest BCUT2D eigenvalue weighted by molar-refractivity contribution is -0.134. The number of nitrogens with two attached hydrogens (primary N) is 1. The molecule has 0 radical (unpaired) electrons. The lowest BCUT2D eigenvalue weighted by Gasteiger charge is -2.33. The van der Waals surface area contributed by atoms with E-state index in [0.29, 0.717) is 18.1 Å². The fourth-order valence-corrected chi connectivity index (χ4v) is 3.31. The molecule has 1 fully saturated rings. The molecule has 1 aromatic heterocycles. The van der Waals surface area contributed by atoms with Crippen LogP contribution in [-0.4, -0.2) is 34.9 Å². The van der Waals surface area contributed by atoms with Crippen molar-refractivity contribution in [2.75, 3.05) is 13.1 Å². The highest BCUT2D eigenvalue weighted by Gasteiger charge is 2.30. The van der Waals surface area contributed by atoms with Crippen LogP contribution in [0.15, 0.2) is 22.6 Å². The second-order valence-electron chi connectivity index (χ2n) is 6.68. The van der Waals surface area contributed by atoms with Crippen molar-refractivity contribution >= 4 is 41.0 Å². The monoisotopic (exact) mass is 385 g/mol. The number of carbonyl (C=O) groups is 1. The molecule has 5 nitrogen and oxygen atoms in total. The first kappa shape index (κ1) is 20.0. The molecule has 1 aliphatic heterocycles. The summed E-state index contributed by atoms with van der Waals surface area (Å²) in [5.74, 6) is 1.25. The van der Waals surface area contributed by atoms with Gasteiger partial charge in [-0.3, -0.25) is 4.79 Å². The van der Waals surface area contributed by atoms with E-state index in [1.807, 2.05) is 24.0 Å². The van der Waals surface area contributed by atoms with Gasteiger partial charge in [-0.15, -0.1) is 12.4 Å². The van der Waals surface area contributed by atoms with Crippen LogP contribution in [0.25, 0.3) is 11.1 Å². The Morgan fingerprint density at radius 1 is 1.44 bits per heavy atom. The SMILES string of the molecule is CCC(C)C(N)C(=O)N1CCC(c2nc3cc(Cl)ccc3o2)CC1.Cl. The van der Waals surface area contributed by atoms with Gasteiger partial charge in [-0.05, 0) is 37.0 Å². The molecule has 1 aliphatic rings. The van der Waals surface area contributed by atoms with E-state index in [-0.39, 0.29) is 30.2 Å². The molecule has 0 saturated carbocycles. The minimum Gasteiger partial charge on any atom is -0.440 e. The van der Waals surface area contributed by atoms with Crippen LogP contribution in [-0.2, 0) is 4.79 Å². The molecule has 0 bridgehead atoms. The fraction of sp³-hybridized carbons (Fsp3) is 0.556. The number of rotatable bonds is 4. The van der Waals surface area contributed by atoms with Gasteiger partial charge in [-0.25, -0.2) is 4.98 Å². The number of carbonyl (C=O) groups excluding carboxylic acids is 1. The van der Waals surface area contributed by atoms with Gasteiger partial charge in [-0.2, -0.15) is 0 Å². The van der Waals surface area contributed by atoms with Gasteiger partial charge < -0.3 is 15.1 Å². The van der Waals surface area contributed by atoms with E-state index in [0.717, 1.165) is 36.3 Å². The predicted molar refractivity (Wildman–Crippen MR) is 102 cm³/mol. The Labute approximate surface area is 159 Å². The Kier molecular flexibility index (Phi) is 6.72. The number of fused-ring (bicyclic) bond motifs is 1. The summed E-state index contributed by atoms with van der Waals surface area (Å²) in [4.78, 5) is 18.9. The summed E-state index contributed by atoms with van der Waals surface area (Å²) in [6.07, 6.45) is 2.61. The molecule has 2 heterocycles. The van der Waals surface area contributed by atoms with Gasteiger partial charge in [0.25, 0.3) is 0 Å². The maximum Gasteiger partial charge on any atom is 0.239 e. The molecule has 25 heavy (non-hydrogen) atoms. The van der Waals surface area contributed by atoms with E-state index < -0.39 is 6.04 Å². The topological polar surface area (TPSA) is 72.4 Å². The van der Waals surface area contributed by atoms with Crippen molar-refractivity contribution in [2.24, 2.45) is 11.7 Å². The maximum absolute atomic E-state index is 12.5. The summed E-state index contributed by atoms with van der Waals surface area (Å²) in [6, 6.07) is 5.06. The summed E-state index contributed by atoms with van der Waals surface area (Å²) >= 11 is 6.00. The molecular weight excluding hydrogens is 361 g/mol. The molecule has 1 aromatic carbocycles. The zero-order valence-electron chi connectivity index (χ0n) is 14.6. The lowest BCUT2D eigenvalue weighted by Crippen LogP contribution is -2.49. The summed E-state index contributed by atoms with van der Waals surface area (Å²) in [5.41, 5.74) is 7.62. The van der Waals surface area contributed by atoms with Gasteiger partial charge >= 0.3 is 0 Å². The van der Waals surface area contributed by atoms with Gasteiger partial charge in [0.2, 0.25) is 5.91 Å². The lowest BCUT2D eigenvalue weighted by atomic mass is 9.94. The normalized spacial score (nSPS) is 18.0. The molecular formula is C18H25Cl2N3O2. The number of piperidine rings is 1. The molecule has 1 amide bonds. The first-order chi connectivity index (χ1) is 11.5. The number of nitrogens with zero attached hydrogens (tertiary/aromatic N) is 2. The molecule has 3 rings (SSSR count). The minimum atomic E-state index is -0.405. The molecule has 0 spiro atoms. The van der Waals surface area contributed by atoms with E-state index in [1.165, 1.54) is 0 Å². The van der Waals surface area contributed by atoms with Crippen molar-refractivity contribution in [1.29, 1.82) is 0 Å². The smallest absolute Gasteiger partial charge is 0.239 e. The average molecular weight is 386 g/mol. The van der Waals surface area contributed by atoms with Crippen LogP contribution >= 0.6 is 24.0 Å². The second kappa shape index (κ2) is 8.39. The highest BCUT2D eigenvalue weighted by molar-refractivity contribution is 6.31. The largest absolute Gasteiger partial charge is 0.440 e. The summed E-state index contributed by atoms with van der Waals surface area (Å²) in [5, 5.41) is 0.654. The Morgan fingerprint density at radius 2 is 2.12 bits per heavy atom. The predicted octanol–water partition coefficient (Wildman–Crippen LogP) is 3.98. The molecule has 2 aromatic rings. The number of benzene rings is 1. The van der Waals surface area contributed by atoms with Gasteiger partial charge in [0, 0.05) is 24.0 Å². The fourth-order valence-electron chi connectivity index (χ4n) is 3.15. The molecule has 7 heteroatoms. The highest BCUT2D eigenvalue weighted by atomic mass is 35.5. The summed E-state index contributed by atoms with van der Waals surface area (Å²) in [7, 11) is 0. The number of likely N-dealkylation sites (tertiary alicyclic amines) is 1. The van der Waals surface area contributed by atoms with Crippen LogP contribution in [0.1, 0.15) is 44.9 Å². The number of halogens is 2. The summed E-state index contributed by atoms with van der Waals surface area (Å²) < 4.78 is 5.86. The first-order valence-corrected chi connectivity index (χ1v) is 8.97. The molecule has 2 N–H and O–H groups in total. The van der Waals surface area contributed by atoms with Gasteiger partial charge in [-0.1, -0.05) is 31.9 Å². The van der Waals surface area contributed by atoms with Crippen LogP contribution in [0, 0.1) is 5.92 Å². The van der Waals surface area contributed by atoms with Crippen molar-refractivity contribution in [3.63, 3.8) is 0 Å². The zero-order valence-corrected chi connectivity index (χ0v) is 16.1. The number of amides is 1. The second-order valence-corrected chi connectivity index (χ2v) is 7.11. The third kappa shape index (κ3) is 4.27. The van der Waals surface area contributed by atoms with Crippen molar-refractivity contribution in [3.05, 3.63) is 29.1 Å². The van der Waals surface area contributed by atoms with Crippen LogP contribution in [0.2, 0.25) is 5.02 Å². The van der Waals surface area contributed by atoms with Gasteiger partial charge in [0.15, 0.2) is 11.5 Å². The van der Waals surface area contributed by atoms with Gasteiger partial charge in [0.1, 0.15) is 5.52 Å². The van der Waals surface area contributed by atoms with Crippen LogP contribution < -0.4 is 5.73 Å². The van der Waals surface area contributed by atoms with E-state index in [2.05, 4.69) is 11.9 Å². The highest BCUT2D eigenvalue weighted by Crippen LogP contribution is 2.31. The van der Waals surface area contributed by atoms with E-state index in [1.54, 1.807) is 6.07 Å². The Hall–Kier alpha value is -1.30. The Balaban J connectivity index is 0.00000225. The molecule has 0 aliphatic carbocycles. The standard InChI is InChI=1S/C18H24ClN3O2.ClH/c1-3-11(2)16(20)18(23)22-8-6-12(7-9-22)17-21-14-10-13(19)4-5-15(14)24-17;/h4-5,10-12,16H,3,6-9,20H2,1-2H3;1H. The maximum atomic E-state index is 12.5. The number of aromatic nitrogens is 1. The van der Waals surface area contributed by atoms with Crippen LogP contribution in [0.3, 0.4) is 0 Å². The number of hydrogen-bond donors (Lipinski definition) is 1. The molecule has 1 saturated heterocycles. The number of hydrogen-bond acceptors (Lipinski definition) is 4. The zero-order chi connectivity index (χ0) is 17.3. The summed E-state index contributed by atoms with van der Waals surface area (Å²) in [6.45, 7) is 5.49. The Bertz CT molecular complexity index is 726. The molecule has 138 valence electrons. The quantitative estimate of drug-likeness (QED) is 0.863. The number of oxazole rings is 1. The van der Waals surface area contributed by atoms with E-state index in [9.17, 15) is 4.79 Å². The first-order valence-electron chi connectivity index (χ1n) is 8.60. The minimum absolute atomic E-state index is 0. The van der Waals surface area contributed by atoms with Crippen LogP contribution in [0.5, 0.6) is 0 Å². The van der Waals surface area contributed by atoms with Crippen molar-refractivity contribution < 1.29 is 9.21 Å². The molecule has 2 atom stereocenters. The van der Waals surface area contributed by atoms with Crippen LogP contribution in [0.4, 0.5) is 0 Å². The van der Waals surface area contributed by atoms with Gasteiger partial charge in [0.05, 0.1) is 6.04 Å². The third-order valence-electron chi connectivity index (χ3n) is 5.06. The Morgan fingerprint density at radius 3 is 2.76 bits per heavy atom. The third-order valence-corrected chi connectivity index (χ3v) is 5.30. The average Bonchev–Trinajstić information content (AvgIpc) is 3.03. The van der Waals surface area contributed by atoms with Crippen molar-refractivity contribution in [1.82, 2.24) is 9.88 Å². The van der Waals surface area contributed by atoms with E-state index in [4.69, 9.17) is 21.8 Å². The molecule has 2 unspecified atom stereocenters.